The van der Waals surface area contributed by atoms with Gasteiger partial charge in [-0.05, 0) is 35.8 Å². The summed E-state index contributed by atoms with van der Waals surface area (Å²) in [5.41, 5.74) is 1.62. The molecule has 1 heterocycles. The minimum Gasteiger partial charge on any atom is -0.548 e. The summed E-state index contributed by atoms with van der Waals surface area (Å²) in [5.74, 6) is -1.74. The number of nitrogens with zero attached hydrogens (tertiary/aromatic N) is 1. The van der Waals surface area contributed by atoms with E-state index in [0.717, 1.165) is 32.3 Å². The van der Waals surface area contributed by atoms with Gasteiger partial charge in [-0.1, -0.05) is 82.4 Å². The highest BCUT2D eigenvalue weighted by molar-refractivity contribution is 9.10. The van der Waals surface area contributed by atoms with Crippen LogP contribution in [0.3, 0.4) is 0 Å². The summed E-state index contributed by atoms with van der Waals surface area (Å²) in [6.07, 6.45) is 1.85. The van der Waals surface area contributed by atoms with E-state index in [-0.39, 0.29) is 10.7 Å². The molecule has 2 aromatic carbocycles. The average Bonchev–Trinajstić information content (AvgIpc) is 2.87. The van der Waals surface area contributed by atoms with Gasteiger partial charge in [0.2, 0.25) is 0 Å². The van der Waals surface area contributed by atoms with Crippen LogP contribution in [-0.2, 0) is 16.0 Å². The first-order valence-electron chi connectivity index (χ1n) is 7.73. The maximum atomic E-state index is 12.8. The molecule has 1 unspecified atom stereocenters. The zero-order valence-corrected chi connectivity index (χ0v) is 16.6. The molecule has 132 valence electrons. The Morgan fingerprint density at radius 1 is 1.23 bits per heavy atom. The molecule has 0 aromatic heterocycles. The van der Waals surface area contributed by atoms with Gasteiger partial charge in [0, 0.05) is 4.47 Å². The minimum absolute atomic E-state index is 0.139. The Morgan fingerprint density at radius 3 is 2.62 bits per heavy atom. The Hall–Kier alpha value is -1.96. The molecule has 1 fully saturated rings. The third kappa shape index (κ3) is 4.23. The first kappa shape index (κ1) is 18.8. The van der Waals surface area contributed by atoms with Gasteiger partial charge in [0.25, 0.3) is 5.91 Å². The highest BCUT2D eigenvalue weighted by atomic mass is 79.9. The molecule has 26 heavy (non-hydrogen) atoms. The number of amides is 1. The van der Waals surface area contributed by atoms with Gasteiger partial charge in [-0.3, -0.25) is 9.69 Å². The summed E-state index contributed by atoms with van der Waals surface area (Å²) in [6.45, 7) is 0. The van der Waals surface area contributed by atoms with Crippen LogP contribution in [0.2, 0.25) is 0 Å². The maximum Gasteiger partial charge on any atom is 0.266 e. The van der Waals surface area contributed by atoms with E-state index in [1.165, 1.54) is 0 Å². The molecular formula is C19H13BrNO3S2-. The van der Waals surface area contributed by atoms with Crippen LogP contribution in [-0.4, -0.2) is 27.1 Å². The molecule has 1 atom stereocenters. The highest BCUT2D eigenvalue weighted by Crippen LogP contribution is 2.34. The van der Waals surface area contributed by atoms with Crippen LogP contribution >= 0.6 is 39.9 Å². The molecule has 7 heteroatoms. The SMILES string of the molecule is O=C([O-])C(Cc1ccccc1)N1C(=O)/C(=C/c2cccc(Br)c2)SC1=S. The van der Waals surface area contributed by atoms with E-state index in [0.29, 0.717) is 4.91 Å². The lowest BCUT2D eigenvalue weighted by atomic mass is 10.0. The van der Waals surface area contributed by atoms with E-state index in [1.54, 1.807) is 6.08 Å². The van der Waals surface area contributed by atoms with Crippen LogP contribution in [0.5, 0.6) is 0 Å². The number of carbonyl (C=O) groups excluding carboxylic acids is 2. The van der Waals surface area contributed by atoms with Crippen LogP contribution in [0.25, 0.3) is 6.08 Å². The zero-order valence-electron chi connectivity index (χ0n) is 13.4. The van der Waals surface area contributed by atoms with Gasteiger partial charge in [0.15, 0.2) is 0 Å². The van der Waals surface area contributed by atoms with Crippen molar-refractivity contribution < 1.29 is 14.7 Å². The first-order valence-corrected chi connectivity index (χ1v) is 9.75. The lowest BCUT2D eigenvalue weighted by molar-refractivity contribution is -0.310. The van der Waals surface area contributed by atoms with Gasteiger partial charge in [0.05, 0.1) is 16.9 Å². The highest BCUT2D eigenvalue weighted by Gasteiger charge is 2.37. The molecule has 0 N–H and O–H groups in total. The third-order valence-electron chi connectivity index (χ3n) is 3.83. The molecule has 1 saturated heterocycles. The third-order valence-corrected chi connectivity index (χ3v) is 5.65. The molecular weight excluding hydrogens is 434 g/mol. The van der Waals surface area contributed by atoms with Gasteiger partial charge < -0.3 is 9.90 Å². The number of carboxylic acids is 1. The Bertz CT molecular complexity index is 899. The van der Waals surface area contributed by atoms with Crippen molar-refractivity contribution in [2.45, 2.75) is 12.5 Å². The van der Waals surface area contributed by atoms with Crippen LogP contribution in [0.4, 0.5) is 0 Å². The smallest absolute Gasteiger partial charge is 0.266 e. The molecule has 2 aromatic rings. The van der Waals surface area contributed by atoms with Gasteiger partial charge >= 0.3 is 0 Å². The monoisotopic (exact) mass is 446 g/mol. The predicted octanol–water partition coefficient (Wildman–Crippen LogP) is 3.01. The zero-order chi connectivity index (χ0) is 18.7. The lowest BCUT2D eigenvalue weighted by Crippen LogP contribution is -2.51. The largest absolute Gasteiger partial charge is 0.548 e. The second-order valence-corrected chi connectivity index (χ2v) is 8.22. The number of hydrogen-bond donors (Lipinski definition) is 0. The number of carboxylic acid groups (broad SMARTS) is 1. The Kier molecular flexibility index (Phi) is 5.90. The van der Waals surface area contributed by atoms with Crippen molar-refractivity contribution in [1.29, 1.82) is 0 Å². The number of thioether (sulfide) groups is 1. The number of benzene rings is 2. The van der Waals surface area contributed by atoms with Crippen molar-refractivity contribution in [2.24, 2.45) is 0 Å². The summed E-state index contributed by atoms with van der Waals surface area (Å²) < 4.78 is 1.11. The topological polar surface area (TPSA) is 60.4 Å². The van der Waals surface area contributed by atoms with Crippen molar-refractivity contribution in [3.05, 3.63) is 75.1 Å². The standard InChI is InChI=1S/C19H14BrNO3S2/c20-14-8-4-7-13(9-14)11-16-17(22)21(19(25)26-16)15(18(23)24)10-12-5-2-1-3-6-12/h1-9,11,15H,10H2,(H,23,24)/p-1/b16-11-. The summed E-state index contributed by atoms with van der Waals surface area (Å²) in [4.78, 5) is 26.0. The number of thiocarbonyl (C=S) groups is 1. The van der Waals surface area contributed by atoms with Gasteiger partial charge in [-0.2, -0.15) is 0 Å². The minimum atomic E-state index is -1.33. The average molecular weight is 447 g/mol. The normalized spacial score (nSPS) is 17.0. The molecule has 0 saturated carbocycles. The van der Waals surface area contributed by atoms with Crippen molar-refractivity contribution in [1.82, 2.24) is 4.90 Å². The van der Waals surface area contributed by atoms with Crippen molar-refractivity contribution in [2.75, 3.05) is 0 Å². The summed E-state index contributed by atoms with van der Waals surface area (Å²) >= 11 is 9.76. The Balaban J connectivity index is 1.88. The molecule has 3 rings (SSSR count). The lowest BCUT2D eigenvalue weighted by Gasteiger charge is -2.27. The van der Waals surface area contributed by atoms with E-state index in [2.05, 4.69) is 15.9 Å². The maximum absolute atomic E-state index is 12.8. The Labute approximate surface area is 169 Å². The second-order valence-electron chi connectivity index (χ2n) is 5.63. The number of aliphatic carboxylic acids is 1. The van der Waals surface area contributed by atoms with Crippen LogP contribution < -0.4 is 5.11 Å². The fourth-order valence-electron chi connectivity index (χ4n) is 2.61. The molecule has 0 bridgehead atoms. The van der Waals surface area contributed by atoms with E-state index in [9.17, 15) is 14.7 Å². The van der Waals surface area contributed by atoms with E-state index in [4.69, 9.17) is 12.2 Å². The van der Waals surface area contributed by atoms with Crippen molar-refractivity contribution in [3.8, 4) is 0 Å². The number of carbonyl (C=O) groups is 2. The molecule has 1 aliphatic rings. The summed E-state index contributed by atoms with van der Waals surface area (Å²) in [7, 11) is 0. The van der Waals surface area contributed by atoms with Crippen LogP contribution in [0.15, 0.2) is 64.0 Å². The number of halogens is 1. The van der Waals surface area contributed by atoms with E-state index in [1.807, 2.05) is 54.6 Å². The Morgan fingerprint density at radius 2 is 1.96 bits per heavy atom. The van der Waals surface area contributed by atoms with Crippen molar-refractivity contribution >= 4 is 62.2 Å². The number of rotatable bonds is 5. The predicted molar refractivity (Wildman–Crippen MR) is 108 cm³/mol. The summed E-state index contributed by atoms with van der Waals surface area (Å²) in [6, 6.07) is 15.4. The fourth-order valence-corrected chi connectivity index (χ4v) is 4.39. The van der Waals surface area contributed by atoms with Gasteiger partial charge in [-0.25, -0.2) is 0 Å². The first-order chi connectivity index (χ1) is 12.5. The quantitative estimate of drug-likeness (QED) is 0.521. The molecule has 0 aliphatic carbocycles. The van der Waals surface area contributed by atoms with Crippen molar-refractivity contribution in [3.63, 3.8) is 0 Å². The second kappa shape index (κ2) is 8.16. The molecule has 0 spiro atoms. The molecule has 0 radical (unpaired) electrons. The van der Waals surface area contributed by atoms with E-state index >= 15 is 0 Å². The summed E-state index contributed by atoms with van der Waals surface area (Å²) in [5, 5.41) is 11.7. The molecule has 1 amide bonds. The number of hydrogen-bond acceptors (Lipinski definition) is 5. The van der Waals surface area contributed by atoms with E-state index < -0.39 is 17.9 Å². The molecule has 1 aliphatic heterocycles. The molecule has 4 nitrogen and oxygen atoms in total. The van der Waals surface area contributed by atoms with Crippen LogP contribution in [0, 0.1) is 0 Å². The van der Waals surface area contributed by atoms with Gasteiger partial charge in [0.1, 0.15) is 4.32 Å². The van der Waals surface area contributed by atoms with Gasteiger partial charge in [-0.15, -0.1) is 0 Å². The van der Waals surface area contributed by atoms with Crippen LogP contribution in [0.1, 0.15) is 11.1 Å². The fraction of sp³-hybridized carbons (Fsp3) is 0.105.